The largest absolute Gasteiger partial charge is 0.331 e. The number of likely N-dealkylation sites (tertiary alicyclic amines) is 1. The van der Waals surface area contributed by atoms with Gasteiger partial charge in [-0.15, -0.1) is 0 Å². The number of benzene rings is 1. The van der Waals surface area contributed by atoms with Gasteiger partial charge in [-0.3, -0.25) is 9.59 Å². The third-order valence-electron chi connectivity index (χ3n) is 3.70. The smallest absolute Gasteiger partial charge is 0.291 e. The van der Waals surface area contributed by atoms with E-state index < -0.39 is 0 Å². The number of Topliss-reactive ketones (excluding diaryl/α,β-unsaturated/α-hetero) is 1. The van der Waals surface area contributed by atoms with Crippen LogP contribution >= 0.6 is 0 Å². The molecule has 2 rings (SSSR count). The SMILES string of the molecule is Cc1ccc(C2CCN(C(C)(C)C)C(=O)C2=O)cc1. The van der Waals surface area contributed by atoms with Gasteiger partial charge in [-0.1, -0.05) is 29.8 Å². The number of hydrogen-bond acceptors (Lipinski definition) is 2. The molecule has 1 aliphatic heterocycles. The second kappa shape index (κ2) is 4.80. The van der Waals surface area contributed by atoms with Crippen molar-refractivity contribution < 1.29 is 9.59 Å². The number of carbonyl (C=O) groups excluding carboxylic acids is 2. The zero-order chi connectivity index (χ0) is 14.2. The number of ketones is 1. The predicted octanol–water partition coefficient (Wildman–Crippen LogP) is 2.68. The van der Waals surface area contributed by atoms with Crippen molar-refractivity contribution >= 4 is 11.7 Å². The van der Waals surface area contributed by atoms with E-state index in [9.17, 15) is 9.59 Å². The van der Waals surface area contributed by atoms with Crippen molar-refractivity contribution in [3.05, 3.63) is 35.4 Å². The van der Waals surface area contributed by atoms with Crippen LogP contribution < -0.4 is 0 Å². The molecule has 1 aromatic carbocycles. The lowest BCUT2D eigenvalue weighted by atomic mass is 9.86. The Balaban J connectivity index is 2.22. The molecule has 1 unspecified atom stereocenters. The Labute approximate surface area is 114 Å². The van der Waals surface area contributed by atoms with Crippen molar-refractivity contribution in [2.24, 2.45) is 0 Å². The monoisotopic (exact) mass is 259 g/mol. The summed E-state index contributed by atoms with van der Waals surface area (Å²) < 4.78 is 0. The van der Waals surface area contributed by atoms with Crippen LogP contribution in [0.3, 0.4) is 0 Å². The summed E-state index contributed by atoms with van der Waals surface area (Å²) in [6.45, 7) is 8.55. The van der Waals surface area contributed by atoms with Crippen LogP contribution in [-0.4, -0.2) is 28.7 Å². The number of nitrogens with zero attached hydrogens (tertiary/aromatic N) is 1. The molecule has 1 fully saturated rings. The minimum Gasteiger partial charge on any atom is -0.331 e. The predicted molar refractivity (Wildman–Crippen MR) is 75.0 cm³/mol. The summed E-state index contributed by atoms with van der Waals surface area (Å²) in [6.07, 6.45) is 0.713. The van der Waals surface area contributed by atoms with E-state index in [1.165, 1.54) is 0 Å². The highest BCUT2D eigenvalue weighted by atomic mass is 16.2. The molecule has 1 heterocycles. The molecule has 1 atom stereocenters. The van der Waals surface area contributed by atoms with Gasteiger partial charge in [-0.25, -0.2) is 0 Å². The average Bonchev–Trinajstić information content (AvgIpc) is 2.32. The maximum absolute atomic E-state index is 12.3. The van der Waals surface area contributed by atoms with E-state index in [1.54, 1.807) is 4.90 Å². The highest BCUT2D eigenvalue weighted by Crippen LogP contribution is 2.29. The van der Waals surface area contributed by atoms with Crippen LogP contribution in [-0.2, 0) is 9.59 Å². The van der Waals surface area contributed by atoms with Crippen LogP contribution in [0.1, 0.15) is 44.2 Å². The van der Waals surface area contributed by atoms with Crippen LogP contribution in [0.15, 0.2) is 24.3 Å². The Morgan fingerprint density at radius 3 is 2.21 bits per heavy atom. The fraction of sp³-hybridized carbons (Fsp3) is 0.500. The number of rotatable bonds is 1. The van der Waals surface area contributed by atoms with Crippen molar-refractivity contribution in [3.63, 3.8) is 0 Å². The molecular formula is C16H21NO2. The molecule has 0 bridgehead atoms. The van der Waals surface area contributed by atoms with Gasteiger partial charge in [-0.05, 0) is 39.7 Å². The van der Waals surface area contributed by atoms with Crippen molar-refractivity contribution in [2.75, 3.05) is 6.54 Å². The van der Waals surface area contributed by atoms with Gasteiger partial charge in [0.15, 0.2) is 0 Å². The molecule has 1 amide bonds. The highest BCUT2D eigenvalue weighted by Gasteiger charge is 2.39. The average molecular weight is 259 g/mol. The van der Waals surface area contributed by atoms with Gasteiger partial charge >= 0.3 is 0 Å². The quantitative estimate of drug-likeness (QED) is 0.727. The summed E-state index contributed by atoms with van der Waals surface area (Å²) in [6, 6.07) is 7.89. The van der Waals surface area contributed by atoms with E-state index in [0.29, 0.717) is 13.0 Å². The normalized spacial score (nSPS) is 20.8. The number of hydrogen-bond donors (Lipinski definition) is 0. The van der Waals surface area contributed by atoms with E-state index in [4.69, 9.17) is 0 Å². The molecule has 1 saturated heterocycles. The molecule has 102 valence electrons. The van der Waals surface area contributed by atoms with Crippen molar-refractivity contribution in [3.8, 4) is 0 Å². The molecule has 1 aromatic rings. The topological polar surface area (TPSA) is 37.4 Å². The number of carbonyl (C=O) groups is 2. The first-order valence-corrected chi connectivity index (χ1v) is 6.73. The second-order valence-corrected chi connectivity index (χ2v) is 6.24. The fourth-order valence-corrected chi connectivity index (χ4v) is 2.53. The van der Waals surface area contributed by atoms with Gasteiger partial charge in [0.25, 0.3) is 5.91 Å². The van der Waals surface area contributed by atoms with Gasteiger partial charge in [0.05, 0.1) is 5.92 Å². The van der Waals surface area contributed by atoms with E-state index in [-0.39, 0.29) is 23.1 Å². The summed E-state index contributed by atoms with van der Waals surface area (Å²) in [5.74, 6) is -0.888. The third kappa shape index (κ3) is 2.70. The van der Waals surface area contributed by atoms with E-state index in [1.807, 2.05) is 52.0 Å². The number of aryl methyl sites for hydroxylation is 1. The van der Waals surface area contributed by atoms with E-state index >= 15 is 0 Å². The van der Waals surface area contributed by atoms with Crippen LogP contribution in [0.5, 0.6) is 0 Å². The molecule has 0 aromatic heterocycles. The zero-order valence-corrected chi connectivity index (χ0v) is 12.1. The van der Waals surface area contributed by atoms with E-state index in [2.05, 4.69) is 0 Å². The van der Waals surface area contributed by atoms with Gasteiger partial charge in [0.2, 0.25) is 5.78 Å². The molecule has 0 N–H and O–H groups in total. The maximum atomic E-state index is 12.3. The Morgan fingerprint density at radius 2 is 1.68 bits per heavy atom. The first-order valence-electron chi connectivity index (χ1n) is 6.73. The number of amides is 1. The standard InChI is InChI=1S/C16H21NO2/c1-11-5-7-12(8-6-11)13-9-10-17(16(2,3)4)15(19)14(13)18/h5-8,13H,9-10H2,1-4H3. The first kappa shape index (κ1) is 13.8. The summed E-state index contributed by atoms with van der Waals surface area (Å²) in [7, 11) is 0. The summed E-state index contributed by atoms with van der Waals surface area (Å²) in [4.78, 5) is 26.2. The zero-order valence-electron chi connectivity index (χ0n) is 12.1. The molecule has 0 radical (unpaired) electrons. The fourth-order valence-electron chi connectivity index (χ4n) is 2.53. The Bertz CT molecular complexity index is 496. The molecule has 1 aliphatic rings. The first-order chi connectivity index (χ1) is 8.80. The lowest BCUT2D eigenvalue weighted by Gasteiger charge is -2.39. The van der Waals surface area contributed by atoms with Crippen LogP contribution in [0.2, 0.25) is 0 Å². The van der Waals surface area contributed by atoms with E-state index in [0.717, 1.165) is 11.1 Å². The van der Waals surface area contributed by atoms with Gasteiger partial charge in [0, 0.05) is 12.1 Å². The van der Waals surface area contributed by atoms with Crippen molar-refractivity contribution in [1.82, 2.24) is 4.90 Å². The minimum atomic E-state index is -0.343. The van der Waals surface area contributed by atoms with Gasteiger partial charge < -0.3 is 4.90 Å². The van der Waals surface area contributed by atoms with Crippen LogP contribution in [0, 0.1) is 6.92 Å². The Kier molecular flexibility index (Phi) is 3.48. The van der Waals surface area contributed by atoms with Crippen molar-refractivity contribution in [1.29, 1.82) is 0 Å². The second-order valence-electron chi connectivity index (χ2n) is 6.24. The van der Waals surface area contributed by atoms with Gasteiger partial charge in [0.1, 0.15) is 0 Å². The molecular weight excluding hydrogens is 238 g/mol. The highest BCUT2D eigenvalue weighted by molar-refractivity contribution is 6.38. The summed E-state index contributed by atoms with van der Waals surface area (Å²) in [5, 5.41) is 0. The molecule has 3 nitrogen and oxygen atoms in total. The molecule has 0 aliphatic carbocycles. The van der Waals surface area contributed by atoms with Gasteiger partial charge in [-0.2, -0.15) is 0 Å². The molecule has 0 saturated carbocycles. The Morgan fingerprint density at radius 1 is 1.11 bits per heavy atom. The maximum Gasteiger partial charge on any atom is 0.291 e. The molecule has 0 spiro atoms. The minimum absolute atomic E-state index is 0.272. The van der Waals surface area contributed by atoms with Crippen LogP contribution in [0.4, 0.5) is 0 Å². The summed E-state index contributed by atoms with van der Waals surface area (Å²) >= 11 is 0. The number of piperidine rings is 1. The van der Waals surface area contributed by atoms with Crippen molar-refractivity contribution in [2.45, 2.75) is 45.6 Å². The Hall–Kier alpha value is -1.64. The van der Waals surface area contributed by atoms with Crippen LogP contribution in [0.25, 0.3) is 0 Å². The molecule has 19 heavy (non-hydrogen) atoms. The lowest BCUT2D eigenvalue weighted by Crippen LogP contribution is -2.53. The third-order valence-corrected chi connectivity index (χ3v) is 3.70. The summed E-state index contributed by atoms with van der Waals surface area (Å²) in [5.41, 5.74) is 1.83. The molecule has 3 heteroatoms. The lowest BCUT2D eigenvalue weighted by molar-refractivity contribution is -0.151.